The maximum Gasteiger partial charge on any atom is 0.251 e. The van der Waals surface area contributed by atoms with Gasteiger partial charge in [0.2, 0.25) is 5.91 Å². The van der Waals surface area contributed by atoms with E-state index in [2.05, 4.69) is 15.6 Å². The standard InChI is InChI=1S/C17H22N6O4/c18-17(22-23(26)27)19-9-3-4-13(11-24)21-16(25)8-7-12-10-20-15-6-2-1-5-14(12)15/h1-2,5-6,10-11,13,20H,3-4,7-9H2,(H,21,25)(H3,18,19,22). The molecule has 1 aromatic heterocycles. The molecule has 0 fully saturated rings. The number of nitrogens with one attached hydrogen (secondary N) is 5. The topological polar surface area (TPSA) is 153 Å². The summed E-state index contributed by atoms with van der Waals surface area (Å²) in [5.41, 5.74) is 3.74. The second-order valence-electron chi connectivity index (χ2n) is 5.98. The number of para-hydroxylation sites is 1. The zero-order valence-corrected chi connectivity index (χ0v) is 14.7. The third kappa shape index (κ3) is 6.42. The van der Waals surface area contributed by atoms with Gasteiger partial charge < -0.3 is 20.4 Å². The number of nitro groups is 1. The summed E-state index contributed by atoms with van der Waals surface area (Å²) in [5.74, 6) is -0.640. The normalized spacial score (nSPS) is 11.6. The molecule has 10 heteroatoms. The quantitative estimate of drug-likeness (QED) is 0.104. The van der Waals surface area contributed by atoms with Gasteiger partial charge in [0.1, 0.15) is 6.29 Å². The Bertz CT molecular complexity index is 819. The number of aldehydes is 1. The molecule has 0 bridgehead atoms. The minimum absolute atomic E-state index is 0.215. The zero-order chi connectivity index (χ0) is 19.6. The molecule has 27 heavy (non-hydrogen) atoms. The van der Waals surface area contributed by atoms with Crippen molar-refractivity contribution in [3.8, 4) is 0 Å². The number of carbonyl (C=O) groups is 2. The molecule has 1 atom stereocenters. The molecule has 0 aliphatic heterocycles. The van der Waals surface area contributed by atoms with Gasteiger partial charge in [0, 0.05) is 30.1 Å². The van der Waals surface area contributed by atoms with Crippen molar-refractivity contribution in [1.29, 1.82) is 5.41 Å². The summed E-state index contributed by atoms with van der Waals surface area (Å²) < 4.78 is 0. The first-order valence-electron chi connectivity index (χ1n) is 8.52. The van der Waals surface area contributed by atoms with Gasteiger partial charge >= 0.3 is 0 Å². The molecule has 0 spiro atoms. The SMILES string of the molecule is N=C(NCCCC(C=O)NC(=O)CCc1c[nH]c2ccccc12)N[N+](=O)[O-]. The van der Waals surface area contributed by atoms with E-state index in [1.54, 1.807) is 5.43 Å². The van der Waals surface area contributed by atoms with Crippen LogP contribution in [-0.4, -0.2) is 40.8 Å². The molecule has 144 valence electrons. The predicted molar refractivity (Wildman–Crippen MR) is 99.7 cm³/mol. The van der Waals surface area contributed by atoms with Crippen LogP contribution in [-0.2, 0) is 16.0 Å². The van der Waals surface area contributed by atoms with Crippen molar-refractivity contribution >= 4 is 29.1 Å². The number of benzene rings is 1. The van der Waals surface area contributed by atoms with Crippen molar-refractivity contribution in [3.63, 3.8) is 0 Å². The van der Waals surface area contributed by atoms with E-state index in [0.717, 1.165) is 16.5 Å². The molecule has 0 saturated heterocycles. The van der Waals surface area contributed by atoms with Crippen LogP contribution < -0.4 is 16.1 Å². The van der Waals surface area contributed by atoms with Gasteiger partial charge in [0.25, 0.3) is 5.96 Å². The van der Waals surface area contributed by atoms with Gasteiger partial charge in [-0.1, -0.05) is 23.6 Å². The Kier molecular flexibility index (Phi) is 7.29. The van der Waals surface area contributed by atoms with E-state index in [4.69, 9.17) is 5.41 Å². The molecule has 5 N–H and O–H groups in total. The summed E-state index contributed by atoms with van der Waals surface area (Å²) >= 11 is 0. The minimum atomic E-state index is -0.836. The first kappa shape index (κ1) is 19.9. The number of rotatable bonds is 10. The summed E-state index contributed by atoms with van der Waals surface area (Å²) in [6.07, 6.45) is 4.22. The summed E-state index contributed by atoms with van der Waals surface area (Å²) in [7, 11) is 0. The lowest BCUT2D eigenvalue weighted by atomic mass is 10.1. The van der Waals surface area contributed by atoms with Crippen molar-refractivity contribution in [2.24, 2.45) is 0 Å². The first-order chi connectivity index (χ1) is 13.0. The molecule has 1 heterocycles. The zero-order valence-electron chi connectivity index (χ0n) is 14.7. The fraction of sp³-hybridized carbons (Fsp3) is 0.353. The number of aromatic amines is 1. The largest absolute Gasteiger partial charge is 0.361 e. The fourth-order valence-corrected chi connectivity index (χ4v) is 2.71. The van der Waals surface area contributed by atoms with Crippen molar-refractivity contribution in [3.05, 3.63) is 46.1 Å². The lowest BCUT2D eigenvalue weighted by molar-refractivity contribution is -0.525. The van der Waals surface area contributed by atoms with Gasteiger partial charge in [-0.25, -0.2) is 10.1 Å². The molecule has 1 aromatic carbocycles. The summed E-state index contributed by atoms with van der Waals surface area (Å²) in [4.78, 5) is 36.5. The van der Waals surface area contributed by atoms with E-state index in [1.807, 2.05) is 30.5 Å². The predicted octanol–water partition coefficient (Wildman–Crippen LogP) is 0.870. The maximum atomic E-state index is 12.1. The second-order valence-corrected chi connectivity index (χ2v) is 5.98. The average molecular weight is 374 g/mol. The van der Waals surface area contributed by atoms with E-state index in [1.165, 1.54) is 0 Å². The van der Waals surface area contributed by atoms with Crippen molar-refractivity contribution in [1.82, 2.24) is 21.0 Å². The number of hydrazine groups is 1. The Morgan fingerprint density at radius 1 is 1.37 bits per heavy atom. The van der Waals surface area contributed by atoms with Crippen LogP contribution in [0, 0.1) is 15.5 Å². The summed E-state index contributed by atoms with van der Waals surface area (Å²) in [5, 5.41) is 22.8. The van der Waals surface area contributed by atoms with Crippen LogP contribution in [0.15, 0.2) is 30.5 Å². The molecular weight excluding hydrogens is 352 g/mol. The lowest BCUT2D eigenvalue weighted by Crippen LogP contribution is -2.41. The van der Waals surface area contributed by atoms with Crippen LogP contribution in [0.25, 0.3) is 10.9 Å². The van der Waals surface area contributed by atoms with Gasteiger partial charge in [0.05, 0.1) is 6.04 Å². The number of H-pyrrole nitrogens is 1. The first-order valence-corrected chi connectivity index (χ1v) is 8.52. The smallest absolute Gasteiger partial charge is 0.251 e. The van der Waals surface area contributed by atoms with Crippen LogP contribution in [0.5, 0.6) is 0 Å². The number of guanidine groups is 1. The molecule has 2 rings (SSSR count). The highest BCUT2D eigenvalue weighted by atomic mass is 16.7. The Balaban J connectivity index is 1.70. The Morgan fingerprint density at radius 3 is 2.89 bits per heavy atom. The van der Waals surface area contributed by atoms with Crippen molar-refractivity contribution in [2.45, 2.75) is 31.7 Å². The Hall–Kier alpha value is -3.43. The van der Waals surface area contributed by atoms with Gasteiger partial charge in [-0.3, -0.25) is 10.2 Å². The number of aryl methyl sites for hydroxylation is 1. The number of carbonyl (C=O) groups excluding carboxylic acids is 2. The molecule has 0 saturated carbocycles. The Morgan fingerprint density at radius 2 is 2.15 bits per heavy atom. The molecule has 0 radical (unpaired) electrons. The number of hydrogen-bond donors (Lipinski definition) is 5. The van der Waals surface area contributed by atoms with E-state index in [-0.39, 0.29) is 18.9 Å². The highest BCUT2D eigenvalue weighted by Crippen LogP contribution is 2.18. The third-order valence-electron chi connectivity index (χ3n) is 4.00. The van der Waals surface area contributed by atoms with E-state index in [9.17, 15) is 19.7 Å². The minimum Gasteiger partial charge on any atom is -0.361 e. The third-order valence-corrected chi connectivity index (χ3v) is 4.00. The van der Waals surface area contributed by atoms with E-state index >= 15 is 0 Å². The monoisotopic (exact) mass is 374 g/mol. The van der Waals surface area contributed by atoms with Crippen LogP contribution >= 0.6 is 0 Å². The number of aromatic nitrogens is 1. The lowest BCUT2D eigenvalue weighted by Gasteiger charge is -2.13. The molecule has 2 aromatic rings. The van der Waals surface area contributed by atoms with E-state index in [0.29, 0.717) is 25.5 Å². The molecular formula is C17H22N6O4. The fourth-order valence-electron chi connectivity index (χ4n) is 2.71. The van der Waals surface area contributed by atoms with Crippen molar-refractivity contribution < 1.29 is 14.6 Å². The summed E-state index contributed by atoms with van der Waals surface area (Å²) in [6.45, 7) is 0.273. The van der Waals surface area contributed by atoms with Gasteiger partial charge in [-0.2, -0.15) is 0 Å². The van der Waals surface area contributed by atoms with Gasteiger partial charge in [-0.05, 0) is 30.9 Å². The Labute approximate surface area is 155 Å². The second kappa shape index (κ2) is 9.90. The molecule has 10 nitrogen and oxygen atoms in total. The number of fused-ring (bicyclic) bond motifs is 1. The van der Waals surface area contributed by atoms with Crippen LogP contribution in [0.2, 0.25) is 0 Å². The van der Waals surface area contributed by atoms with Gasteiger partial charge in [0.15, 0.2) is 5.03 Å². The maximum absolute atomic E-state index is 12.1. The summed E-state index contributed by atoms with van der Waals surface area (Å²) in [6, 6.07) is 7.21. The highest BCUT2D eigenvalue weighted by Gasteiger charge is 2.12. The van der Waals surface area contributed by atoms with Gasteiger partial charge in [-0.15, -0.1) is 0 Å². The molecule has 1 amide bonds. The number of amides is 1. The van der Waals surface area contributed by atoms with Crippen LogP contribution in [0.1, 0.15) is 24.8 Å². The van der Waals surface area contributed by atoms with Crippen molar-refractivity contribution in [2.75, 3.05) is 6.54 Å². The van der Waals surface area contributed by atoms with E-state index < -0.39 is 17.0 Å². The molecule has 0 aliphatic carbocycles. The highest BCUT2D eigenvalue weighted by molar-refractivity contribution is 5.84. The molecule has 1 unspecified atom stereocenters. The van der Waals surface area contributed by atoms with Crippen LogP contribution in [0.4, 0.5) is 0 Å². The number of hydrogen-bond acceptors (Lipinski definition) is 5. The average Bonchev–Trinajstić information content (AvgIpc) is 3.05. The number of nitrogens with zero attached hydrogens (tertiary/aromatic N) is 1. The van der Waals surface area contributed by atoms with Crippen LogP contribution in [0.3, 0.4) is 0 Å². The molecule has 0 aliphatic rings.